The van der Waals surface area contributed by atoms with Gasteiger partial charge in [0.25, 0.3) is 0 Å². The average molecular weight is 592 g/mol. The summed E-state index contributed by atoms with van der Waals surface area (Å²) in [7, 11) is 1.43. The summed E-state index contributed by atoms with van der Waals surface area (Å²) in [6.07, 6.45) is -2.66. The van der Waals surface area contributed by atoms with Gasteiger partial charge in [0.15, 0.2) is 0 Å². The second-order valence-electron chi connectivity index (χ2n) is 11.3. The summed E-state index contributed by atoms with van der Waals surface area (Å²) in [5.41, 5.74) is 3.33. The number of nitrogens with one attached hydrogen (secondary N) is 1. The Morgan fingerprint density at radius 2 is 1.72 bits per heavy atom. The summed E-state index contributed by atoms with van der Waals surface area (Å²) >= 11 is 0. The number of anilines is 2. The van der Waals surface area contributed by atoms with E-state index in [1.165, 1.54) is 7.11 Å². The zero-order valence-corrected chi connectivity index (χ0v) is 24.6. The molecule has 1 fully saturated rings. The molecule has 1 aromatic heterocycles. The number of pyridine rings is 1. The molecule has 0 amide bonds. The van der Waals surface area contributed by atoms with Gasteiger partial charge in [0.05, 0.1) is 23.6 Å². The van der Waals surface area contributed by atoms with Crippen molar-refractivity contribution in [1.29, 1.82) is 0 Å². The van der Waals surface area contributed by atoms with E-state index in [1.54, 1.807) is 6.07 Å². The number of likely N-dealkylation sites (tertiary alicyclic amines) is 1. The van der Waals surface area contributed by atoms with Crippen LogP contribution in [-0.2, 0) is 22.1 Å². The number of aryl methyl sites for hydroxylation is 2. The maximum Gasteiger partial charge on any atom is 0.416 e. The maximum atomic E-state index is 13.8. The van der Waals surface area contributed by atoms with Crippen LogP contribution in [0.5, 0.6) is 5.75 Å². The average Bonchev–Trinajstić information content (AvgIpc) is 2.98. The number of aromatic nitrogens is 1. The van der Waals surface area contributed by atoms with E-state index in [0.717, 1.165) is 39.9 Å². The molecule has 4 aromatic rings. The van der Waals surface area contributed by atoms with Crippen LogP contribution in [-0.4, -0.2) is 49.2 Å². The lowest BCUT2D eigenvalue weighted by atomic mass is 9.73. The van der Waals surface area contributed by atoms with Crippen LogP contribution in [0.3, 0.4) is 0 Å². The molecule has 0 aliphatic carbocycles. The minimum Gasteiger partial charge on any atom is -0.492 e. The Kier molecular flexibility index (Phi) is 8.92. The summed E-state index contributed by atoms with van der Waals surface area (Å²) in [5.74, 6) is -0.0688. The molecule has 0 atom stereocenters. The number of carbonyl (C=O) groups excluding carboxylic acids is 1. The van der Waals surface area contributed by atoms with Gasteiger partial charge in [-0.15, -0.1) is 0 Å². The number of esters is 1. The first-order valence-electron chi connectivity index (χ1n) is 14.4. The molecule has 1 aliphatic rings. The van der Waals surface area contributed by atoms with Crippen LogP contribution in [0.15, 0.2) is 72.8 Å². The highest BCUT2D eigenvalue weighted by Crippen LogP contribution is 2.38. The molecule has 226 valence electrons. The lowest BCUT2D eigenvalue weighted by Gasteiger charge is -2.40. The van der Waals surface area contributed by atoms with Gasteiger partial charge in [0.2, 0.25) is 0 Å². The van der Waals surface area contributed by atoms with Gasteiger partial charge in [-0.2, -0.15) is 13.2 Å². The first kappa shape index (κ1) is 30.4. The van der Waals surface area contributed by atoms with Crippen molar-refractivity contribution < 1.29 is 27.4 Å². The molecule has 1 N–H and O–H groups in total. The molecule has 0 unspecified atom stereocenters. The summed E-state index contributed by atoms with van der Waals surface area (Å²) in [6, 6.07) is 21.1. The summed E-state index contributed by atoms with van der Waals surface area (Å²) in [6.45, 7) is 5.94. The Bertz CT molecular complexity index is 1600. The highest BCUT2D eigenvalue weighted by atomic mass is 19.4. The van der Waals surface area contributed by atoms with Crippen LogP contribution < -0.4 is 10.1 Å². The third-order valence-corrected chi connectivity index (χ3v) is 8.26. The van der Waals surface area contributed by atoms with Crippen molar-refractivity contribution in [3.8, 4) is 5.75 Å². The van der Waals surface area contributed by atoms with Gasteiger partial charge in [-0.05, 0) is 81.6 Å². The lowest BCUT2D eigenvalue weighted by molar-refractivity contribution is -0.156. The number of carbonyl (C=O) groups is 1. The van der Waals surface area contributed by atoms with Crippen LogP contribution in [0, 0.1) is 19.3 Å². The number of hydrogen-bond donors (Lipinski definition) is 1. The van der Waals surface area contributed by atoms with E-state index in [-0.39, 0.29) is 24.0 Å². The second-order valence-corrected chi connectivity index (χ2v) is 11.3. The van der Waals surface area contributed by atoms with E-state index in [1.807, 2.05) is 62.4 Å². The predicted octanol–water partition coefficient (Wildman–Crippen LogP) is 7.49. The van der Waals surface area contributed by atoms with E-state index >= 15 is 0 Å². The first-order valence-corrected chi connectivity index (χ1v) is 14.4. The smallest absolute Gasteiger partial charge is 0.416 e. The zero-order valence-electron chi connectivity index (χ0n) is 24.6. The summed E-state index contributed by atoms with van der Waals surface area (Å²) < 4.78 is 52.6. The van der Waals surface area contributed by atoms with Crippen molar-refractivity contribution in [3.05, 3.63) is 95.2 Å². The first-order chi connectivity index (χ1) is 20.6. The van der Waals surface area contributed by atoms with Gasteiger partial charge in [0, 0.05) is 35.1 Å². The fraction of sp³-hybridized carbons (Fsp3) is 0.353. The van der Waals surface area contributed by atoms with Crippen LogP contribution >= 0.6 is 0 Å². The number of para-hydroxylation sites is 1. The molecule has 43 heavy (non-hydrogen) atoms. The largest absolute Gasteiger partial charge is 0.492 e. The van der Waals surface area contributed by atoms with Crippen molar-refractivity contribution in [2.24, 2.45) is 5.41 Å². The van der Waals surface area contributed by atoms with E-state index in [4.69, 9.17) is 9.47 Å². The summed E-state index contributed by atoms with van der Waals surface area (Å²) in [4.78, 5) is 19.6. The number of hydrogen-bond acceptors (Lipinski definition) is 6. The molecule has 0 spiro atoms. The third-order valence-electron chi connectivity index (χ3n) is 8.26. The Balaban J connectivity index is 1.26. The van der Waals surface area contributed by atoms with Gasteiger partial charge in [0.1, 0.15) is 12.4 Å². The standard InChI is InChI=1S/C34H36F3N3O3/c1-23-8-4-5-9-25(23)22-33(32(41)42-3)12-14-40(15-13-33)16-17-43-28-20-26(34(35,36)37)19-27(21-28)39-31-18-24(2)38-30-11-7-6-10-29(30)31/h4-11,18-21H,12-17,22H2,1-3H3,(H,38,39). The quantitative estimate of drug-likeness (QED) is 0.204. The van der Waals surface area contributed by atoms with Crippen LogP contribution in [0.2, 0.25) is 0 Å². The van der Waals surface area contributed by atoms with E-state index in [0.29, 0.717) is 44.6 Å². The molecule has 0 saturated carbocycles. The number of alkyl halides is 3. The number of ether oxygens (including phenoxy) is 2. The van der Waals surface area contributed by atoms with Crippen molar-refractivity contribution in [2.75, 3.05) is 38.7 Å². The lowest BCUT2D eigenvalue weighted by Crippen LogP contribution is -2.47. The molecular formula is C34H36F3N3O3. The topological polar surface area (TPSA) is 63.7 Å². The number of benzene rings is 3. The molecule has 6 nitrogen and oxygen atoms in total. The highest BCUT2D eigenvalue weighted by Gasteiger charge is 2.42. The molecule has 9 heteroatoms. The van der Waals surface area contributed by atoms with Crippen LogP contribution in [0.25, 0.3) is 10.9 Å². The minimum absolute atomic E-state index is 0.132. The summed E-state index contributed by atoms with van der Waals surface area (Å²) in [5, 5.41) is 3.96. The number of methoxy groups -OCH3 is 1. The van der Waals surface area contributed by atoms with E-state index < -0.39 is 17.2 Å². The Labute approximate surface area is 249 Å². The highest BCUT2D eigenvalue weighted by molar-refractivity contribution is 5.93. The Morgan fingerprint density at radius 1 is 1.00 bits per heavy atom. The van der Waals surface area contributed by atoms with Crippen molar-refractivity contribution in [3.63, 3.8) is 0 Å². The van der Waals surface area contributed by atoms with Crippen LogP contribution in [0.1, 0.15) is 35.2 Å². The zero-order chi connectivity index (χ0) is 30.6. The monoisotopic (exact) mass is 591 g/mol. The minimum atomic E-state index is -4.53. The molecule has 3 aromatic carbocycles. The Hall–Kier alpha value is -4.11. The van der Waals surface area contributed by atoms with Gasteiger partial charge in [-0.25, -0.2) is 0 Å². The third kappa shape index (κ3) is 7.10. The van der Waals surface area contributed by atoms with Crippen molar-refractivity contribution in [2.45, 2.75) is 39.3 Å². The fourth-order valence-electron chi connectivity index (χ4n) is 5.82. The normalized spacial score (nSPS) is 15.3. The molecular weight excluding hydrogens is 555 g/mol. The molecule has 5 rings (SSSR count). The second kappa shape index (κ2) is 12.6. The van der Waals surface area contributed by atoms with E-state index in [9.17, 15) is 18.0 Å². The molecule has 2 heterocycles. The molecule has 1 aliphatic heterocycles. The van der Waals surface area contributed by atoms with Crippen LogP contribution in [0.4, 0.5) is 24.5 Å². The van der Waals surface area contributed by atoms with E-state index in [2.05, 4.69) is 21.3 Å². The fourth-order valence-corrected chi connectivity index (χ4v) is 5.82. The van der Waals surface area contributed by atoms with Gasteiger partial charge in [-0.1, -0.05) is 42.5 Å². The van der Waals surface area contributed by atoms with Gasteiger partial charge in [-0.3, -0.25) is 14.7 Å². The van der Waals surface area contributed by atoms with Gasteiger partial charge >= 0.3 is 12.1 Å². The van der Waals surface area contributed by atoms with Gasteiger partial charge < -0.3 is 14.8 Å². The number of halogens is 3. The Morgan fingerprint density at radius 3 is 2.44 bits per heavy atom. The SMILES string of the molecule is COC(=O)C1(Cc2ccccc2C)CCN(CCOc2cc(Nc3cc(C)nc4ccccc34)cc(C(F)(F)F)c2)CC1. The predicted molar refractivity (Wildman–Crippen MR) is 162 cm³/mol. The molecule has 0 bridgehead atoms. The number of nitrogens with zero attached hydrogens (tertiary/aromatic N) is 2. The van der Waals surface area contributed by atoms with Crippen molar-refractivity contribution in [1.82, 2.24) is 9.88 Å². The number of rotatable bonds is 9. The maximum absolute atomic E-state index is 13.8. The number of piperidine rings is 1. The molecule has 1 saturated heterocycles. The molecule has 0 radical (unpaired) electrons. The van der Waals surface area contributed by atoms with Crippen molar-refractivity contribution >= 4 is 28.2 Å². The number of fused-ring (bicyclic) bond motifs is 1.